The second-order valence-corrected chi connectivity index (χ2v) is 7.08. The molecule has 1 aliphatic heterocycles. The molecule has 0 spiro atoms. The van der Waals surface area contributed by atoms with Crippen LogP contribution in [0.5, 0.6) is 0 Å². The van der Waals surface area contributed by atoms with Gasteiger partial charge in [-0.1, -0.05) is 13.8 Å². The number of carbonyl (C=O) groups is 2. The molecule has 2 aliphatic rings. The van der Waals surface area contributed by atoms with Crippen molar-refractivity contribution in [2.45, 2.75) is 39.3 Å². The van der Waals surface area contributed by atoms with Crippen molar-refractivity contribution in [3.8, 4) is 0 Å². The highest BCUT2D eigenvalue weighted by molar-refractivity contribution is 6.02. The van der Waals surface area contributed by atoms with Crippen molar-refractivity contribution in [1.29, 1.82) is 0 Å². The fourth-order valence-corrected chi connectivity index (χ4v) is 3.55. The molecule has 7 heteroatoms. The summed E-state index contributed by atoms with van der Waals surface area (Å²) in [6, 6.07) is 0. The van der Waals surface area contributed by atoms with E-state index in [0.717, 1.165) is 6.92 Å². The number of hydrogen-bond acceptors (Lipinski definition) is 3. The molecule has 3 atom stereocenters. The zero-order valence-corrected chi connectivity index (χ0v) is 14.1. The minimum atomic E-state index is -2.89. The van der Waals surface area contributed by atoms with Gasteiger partial charge < -0.3 is 11.1 Å². The Bertz CT molecular complexity index is 617. The van der Waals surface area contributed by atoms with Crippen LogP contribution in [0.2, 0.25) is 0 Å². The van der Waals surface area contributed by atoms with Gasteiger partial charge in [-0.2, -0.15) is 0 Å². The van der Waals surface area contributed by atoms with E-state index in [9.17, 15) is 22.8 Å². The zero-order valence-electron chi connectivity index (χ0n) is 14.1. The van der Waals surface area contributed by atoms with E-state index < -0.39 is 46.4 Å². The second-order valence-electron chi connectivity index (χ2n) is 7.08. The predicted molar refractivity (Wildman–Crippen MR) is 83.9 cm³/mol. The first-order valence-corrected chi connectivity index (χ1v) is 8.11. The molecule has 0 aromatic rings. The molecule has 0 bridgehead atoms. The first kappa shape index (κ1) is 18.7. The smallest absolute Gasteiger partial charge is 0.228 e. The van der Waals surface area contributed by atoms with Crippen LogP contribution in [0.4, 0.5) is 13.2 Å². The van der Waals surface area contributed by atoms with Crippen LogP contribution < -0.4 is 11.1 Å². The lowest BCUT2D eigenvalue weighted by atomic mass is 9.70. The van der Waals surface area contributed by atoms with E-state index in [2.05, 4.69) is 5.32 Å². The highest BCUT2D eigenvalue weighted by Gasteiger charge is 2.53. The molecule has 0 aromatic carbocycles. The SMILES string of the molecule is CC(C)CC(=O)C1=C(C2CCNC2)C(C(N)=O)C(C)(F)C(F)=C1F. The number of Topliss-reactive ketones (excluding diaryl/α,β-unsaturated/α-hetero) is 1. The topological polar surface area (TPSA) is 72.2 Å². The Morgan fingerprint density at radius 3 is 2.46 bits per heavy atom. The summed E-state index contributed by atoms with van der Waals surface area (Å²) >= 11 is 0. The fraction of sp³-hybridized carbons (Fsp3) is 0.647. The number of allylic oxidation sites excluding steroid dienone is 3. The molecule has 1 saturated heterocycles. The Labute approximate surface area is 139 Å². The van der Waals surface area contributed by atoms with Crippen LogP contribution in [0.3, 0.4) is 0 Å². The summed E-state index contributed by atoms with van der Waals surface area (Å²) in [5, 5.41) is 3.03. The van der Waals surface area contributed by atoms with Crippen LogP contribution in [0, 0.1) is 17.8 Å². The average Bonchev–Trinajstić information content (AvgIpc) is 2.96. The average molecular weight is 344 g/mol. The molecule has 134 valence electrons. The maximum Gasteiger partial charge on any atom is 0.228 e. The summed E-state index contributed by atoms with van der Waals surface area (Å²) in [7, 11) is 0. The third kappa shape index (κ3) is 3.14. The van der Waals surface area contributed by atoms with Crippen LogP contribution in [-0.4, -0.2) is 30.4 Å². The van der Waals surface area contributed by atoms with Gasteiger partial charge in [-0.25, -0.2) is 13.2 Å². The highest BCUT2D eigenvalue weighted by atomic mass is 19.2. The number of nitrogens with two attached hydrogens (primary N) is 1. The van der Waals surface area contributed by atoms with Gasteiger partial charge >= 0.3 is 0 Å². The van der Waals surface area contributed by atoms with Crippen molar-refractivity contribution in [3.63, 3.8) is 0 Å². The van der Waals surface area contributed by atoms with Crippen LogP contribution in [0.25, 0.3) is 0 Å². The quantitative estimate of drug-likeness (QED) is 0.805. The molecule has 1 heterocycles. The van der Waals surface area contributed by atoms with E-state index in [4.69, 9.17) is 5.73 Å². The molecule has 0 saturated carbocycles. The van der Waals surface area contributed by atoms with Crippen LogP contribution >= 0.6 is 0 Å². The van der Waals surface area contributed by atoms with E-state index in [0.29, 0.717) is 19.5 Å². The number of amides is 1. The highest BCUT2D eigenvalue weighted by Crippen LogP contribution is 2.49. The van der Waals surface area contributed by atoms with Gasteiger partial charge in [-0.05, 0) is 37.3 Å². The number of alkyl halides is 1. The number of hydrogen-bond donors (Lipinski definition) is 2. The van der Waals surface area contributed by atoms with Crippen molar-refractivity contribution >= 4 is 11.7 Å². The lowest BCUT2D eigenvalue weighted by Gasteiger charge is -2.36. The number of halogens is 3. The van der Waals surface area contributed by atoms with Gasteiger partial charge in [0.25, 0.3) is 0 Å². The standard InChI is InChI=1S/C17H23F3N2O2/c1-8(2)6-10(23)12-11(9-4-5-22-7-9)13(16(21)24)17(3,20)15(19)14(12)18/h8-9,13,22H,4-7H2,1-3H3,(H2,21,24). The van der Waals surface area contributed by atoms with Gasteiger partial charge in [0.1, 0.15) is 5.92 Å². The summed E-state index contributed by atoms with van der Waals surface area (Å²) in [6.45, 7) is 5.27. The summed E-state index contributed by atoms with van der Waals surface area (Å²) in [5.41, 5.74) is 1.93. The third-order valence-electron chi connectivity index (χ3n) is 4.64. The summed E-state index contributed by atoms with van der Waals surface area (Å²) < 4.78 is 43.8. The Kier molecular flexibility index (Phi) is 5.22. The van der Waals surface area contributed by atoms with Gasteiger partial charge in [0.15, 0.2) is 23.1 Å². The number of ketones is 1. The molecule has 0 radical (unpaired) electrons. The number of rotatable bonds is 5. The minimum Gasteiger partial charge on any atom is -0.369 e. The van der Waals surface area contributed by atoms with Crippen LogP contribution in [0.15, 0.2) is 22.8 Å². The van der Waals surface area contributed by atoms with E-state index in [1.54, 1.807) is 13.8 Å². The monoisotopic (exact) mass is 344 g/mol. The molecule has 1 amide bonds. The number of nitrogens with one attached hydrogen (secondary N) is 1. The van der Waals surface area contributed by atoms with Gasteiger partial charge in [0.05, 0.1) is 5.57 Å². The predicted octanol–water partition coefficient (Wildman–Crippen LogP) is 2.50. The van der Waals surface area contributed by atoms with Crippen molar-refractivity contribution in [1.82, 2.24) is 5.32 Å². The first-order chi connectivity index (χ1) is 11.1. The summed E-state index contributed by atoms with van der Waals surface area (Å²) in [6.07, 6.45) is 0.483. The molecular formula is C17H23F3N2O2. The van der Waals surface area contributed by atoms with E-state index >= 15 is 0 Å². The van der Waals surface area contributed by atoms with Gasteiger partial charge in [-0.15, -0.1) is 0 Å². The van der Waals surface area contributed by atoms with Gasteiger partial charge in [-0.3, -0.25) is 9.59 Å². The third-order valence-corrected chi connectivity index (χ3v) is 4.64. The Balaban J connectivity index is 2.69. The van der Waals surface area contributed by atoms with E-state index in [1.807, 2.05) is 0 Å². The molecule has 0 aromatic heterocycles. The molecule has 3 N–H and O–H groups in total. The van der Waals surface area contributed by atoms with Crippen LogP contribution in [0.1, 0.15) is 33.6 Å². The lowest BCUT2D eigenvalue weighted by molar-refractivity contribution is -0.124. The Hall–Kier alpha value is -1.63. The zero-order chi connectivity index (χ0) is 18.2. The largest absolute Gasteiger partial charge is 0.369 e. The minimum absolute atomic E-state index is 0.00190. The Morgan fingerprint density at radius 1 is 1.38 bits per heavy atom. The maximum absolute atomic E-state index is 14.9. The molecule has 2 rings (SSSR count). The Morgan fingerprint density at radius 2 is 2.00 bits per heavy atom. The van der Waals surface area contributed by atoms with E-state index in [-0.39, 0.29) is 17.9 Å². The second kappa shape index (κ2) is 6.70. The first-order valence-electron chi connectivity index (χ1n) is 8.11. The lowest BCUT2D eigenvalue weighted by Crippen LogP contribution is -2.47. The molecule has 24 heavy (non-hydrogen) atoms. The maximum atomic E-state index is 14.9. The molecule has 3 unspecified atom stereocenters. The van der Waals surface area contributed by atoms with Gasteiger partial charge in [0, 0.05) is 13.0 Å². The van der Waals surface area contributed by atoms with Crippen molar-refractivity contribution in [3.05, 3.63) is 22.8 Å². The molecule has 1 fully saturated rings. The van der Waals surface area contributed by atoms with Gasteiger partial charge in [0.2, 0.25) is 5.91 Å². The van der Waals surface area contributed by atoms with Crippen LogP contribution in [-0.2, 0) is 9.59 Å². The van der Waals surface area contributed by atoms with Crippen molar-refractivity contribution in [2.75, 3.05) is 13.1 Å². The molecular weight excluding hydrogens is 321 g/mol. The fourth-order valence-electron chi connectivity index (χ4n) is 3.55. The summed E-state index contributed by atoms with van der Waals surface area (Å²) in [5.74, 6) is -7.15. The van der Waals surface area contributed by atoms with Crippen molar-refractivity contribution < 1.29 is 22.8 Å². The normalized spacial score (nSPS) is 31.1. The van der Waals surface area contributed by atoms with E-state index in [1.165, 1.54) is 0 Å². The molecule has 1 aliphatic carbocycles. The molecule has 4 nitrogen and oxygen atoms in total. The van der Waals surface area contributed by atoms with Crippen molar-refractivity contribution in [2.24, 2.45) is 23.5 Å². The number of carbonyl (C=O) groups excluding carboxylic acids is 2. The number of primary amides is 1. The summed E-state index contributed by atoms with van der Waals surface area (Å²) in [4.78, 5) is 24.4.